The molecule has 1 aromatic rings. The molecule has 22 heavy (non-hydrogen) atoms. The van der Waals surface area contributed by atoms with E-state index < -0.39 is 35.2 Å². The van der Waals surface area contributed by atoms with E-state index >= 15 is 0 Å². The van der Waals surface area contributed by atoms with Crippen molar-refractivity contribution in [3.63, 3.8) is 0 Å². The number of alkyl halides is 6. The van der Waals surface area contributed by atoms with Crippen LogP contribution in [0, 0.1) is 12.3 Å². The number of hydrogen-bond donors (Lipinski definition) is 0. The van der Waals surface area contributed by atoms with Crippen molar-refractivity contribution in [2.45, 2.75) is 17.2 Å². The number of thioether (sulfide) groups is 1. The first-order chi connectivity index (χ1) is 10.0. The third kappa shape index (κ3) is 5.52. The van der Waals surface area contributed by atoms with Gasteiger partial charge in [-0.15, -0.1) is 18.2 Å². The molecule has 0 spiro atoms. The molecule has 9 heteroatoms. The van der Waals surface area contributed by atoms with Gasteiger partial charge in [0.15, 0.2) is 6.61 Å². The van der Waals surface area contributed by atoms with Crippen molar-refractivity contribution >= 4 is 17.7 Å². The van der Waals surface area contributed by atoms with Crippen LogP contribution in [0.3, 0.4) is 0 Å². The highest BCUT2D eigenvalue weighted by atomic mass is 32.2. The van der Waals surface area contributed by atoms with Gasteiger partial charge < -0.3 is 4.74 Å². The van der Waals surface area contributed by atoms with E-state index in [0.717, 1.165) is 0 Å². The average molecular weight is 342 g/mol. The van der Waals surface area contributed by atoms with Gasteiger partial charge in [0, 0.05) is 4.90 Å². The Hall–Kier alpha value is -1.82. The Morgan fingerprint density at radius 1 is 1.09 bits per heavy atom. The summed E-state index contributed by atoms with van der Waals surface area (Å²) >= 11 is 0.496. The topological polar surface area (TPSA) is 26.3 Å². The standard InChI is InChI=1S/C13H8F6O2S/c1-2-3-21-11(20)7-22-10-5-8(12(14,15)16)4-9(6-10)13(17,18)19/h1,4-6H,3,7H2. The quantitative estimate of drug-likeness (QED) is 0.358. The maximum absolute atomic E-state index is 12.6. The van der Waals surface area contributed by atoms with Gasteiger partial charge in [0.05, 0.1) is 16.9 Å². The van der Waals surface area contributed by atoms with E-state index in [4.69, 9.17) is 6.42 Å². The van der Waals surface area contributed by atoms with E-state index in [1.54, 1.807) is 0 Å². The molecule has 0 N–H and O–H groups in total. The van der Waals surface area contributed by atoms with Gasteiger partial charge in [0.1, 0.15) is 0 Å². The zero-order chi connectivity index (χ0) is 17.0. The largest absolute Gasteiger partial charge is 0.452 e. The molecule has 1 aromatic carbocycles. The van der Waals surface area contributed by atoms with Crippen LogP contribution in [0.2, 0.25) is 0 Å². The normalized spacial score (nSPS) is 11.9. The second-order valence-corrected chi connectivity index (χ2v) is 4.94. The number of hydrogen-bond acceptors (Lipinski definition) is 3. The van der Waals surface area contributed by atoms with Gasteiger partial charge in [-0.05, 0) is 18.2 Å². The lowest BCUT2D eigenvalue weighted by Gasteiger charge is -2.13. The molecule has 0 amide bonds. The Labute approximate surface area is 125 Å². The summed E-state index contributed by atoms with van der Waals surface area (Å²) in [5.41, 5.74) is -2.89. The second kappa shape index (κ2) is 6.96. The third-order valence-electron chi connectivity index (χ3n) is 2.23. The summed E-state index contributed by atoms with van der Waals surface area (Å²) < 4.78 is 80.1. The zero-order valence-corrected chi connectivity index (χ0v) is 11.5. The maximum atomic E-state index is 12.6. The van der Waals surface area contributed by atoms with Crippen LogP contribution in [0.4, 0.5) is 26.3 Å². The highest BCUT2D eigenvalue weighted by molar-refractivity contribution is 8.00. The average Bonchev–Trinajstić information content (AvgIpc) is 2.40. The van der Waals surface area contributed by atoms with Gasteiger partial charge in [-0.1, -0.05) is 5.92 Å². The van der Waals surface area contributed by atoms with Crippen molar-refractivity contribution in [3.8, 4) is 12.3 Å². The first kappa shape index (κ1) is 18.2. The summed E-state index contributed by atoms with van der Waals surface area (Å²) in [7, 11) is 0. The second-order valence-electron chi connectivity index (χ2n) is 3.90. The zero-order valence-electron chi connectivity index (χ0n) is 10.7. The van der Waals surface area contributed by atoms with Gasteiger partial charge in [-0.25, -0.2) is 0 Å². The van der Waals surface area contributed by atoms with Crippen LogP contribution >= 0.6 is 11.8 Å². The van der Waals surface area contributed by atoms with Crippen LogP contribution < -0.4 is 0 Å². The fraction of sp³-hybridized carbons (Fsp3) is 0.308. The van der Waals surface area contributed by atoms with E-state index in [2.05, 4.69) is 4.74 Å². The summed E-state index contributed by atoms with van der Waals surface area (Å²) in [4.78, 5) is 10.8. The number of esters is 1. The molecular formula is C13H8F6O2S. The first-order valence-corrected chi connectivity index (χ1v) is 6.54. The lowest BCUT2D eigenvalue weighted by Crippen LogP contribution is -2.11. The summed E-state index contributed by atoms with van der Waals surface area (Å²) in [6.45, 7) is -0.324. The molecule has 0 aromatic heterocycles. The van der Waals surface area contributed by atoms with Crippen molar-refractivity contribution in [1.82, 2.24) is 0 Å². The number of carbonyl (C=O) groups excluding carboxylic acids is 1. The highest BCUT2D eigenvalue weighted by Crippen LogP contribution is 2.38. The summed E-state index contributed by atoms with van der Waals surface area (Å²) in [5.74, 6) is 0.708. The minimum Gasteiger partial charge on any atom is -0.452 e. The SMILES string of the molecule is C#CCOC(=O)CSc1cc(C(F)(F)F)cc(C(F)(F)F)c1. The maximum Gasteiger partial charge on any atom is 0.416 e. The number of halogens is 6. The molecule has 0 fully saturated rings. The molecule has 0 aliphatic heterocycles. The van der Waals surface area contributed by atoms with Gasteiger partial charge in [0.2, 0.25) is 0 Å². The van der Waals surface area contributed by atoms with E-state index in [0.29, 0.717) is 23.9 Å². The lowest BCUT2D eigenvalue weighted by atomic mass is 10.1. The Morgan fingerprint density at radius 3 is 2.00 bits per heavy atom. The number of benzene rings is 1. The monoisotopic (exact) mass is 342 g/mol. The molecule has 0 saturated heterocycles. The predicted octanol–water partition coefficient (Wildman–Crippen LogP) is 3.99. The van der Waals surface area contributed by atoms with Gasteiger partial charge in [-0.2, -0.15) is 26.3 Å². The number of rotatable bonds is 4. The summed E-state index contributed by atoms with van der Waals surface area (Å²) in [6, 6.07) is 1.09. The van der Waals surface area contributed by atoms with Crippen molar-refractivity contribution in [2.75, 3.05) is 12.4 Å². The molecular weight excluding hydrogens is 334 g/mol. The molecule has 0 heterocycles. The van der Waals surface area contributed by atoms with Crippen LogP contribution in [0.15, 0.2) is 23.1 Å². The van der Waals surface area contributed by atoms with Gasteiger partial charge >= 0.3 is 18.3 Å². The smallest absolute Gasteiger partial charge is 0.416 e. The van der Waals surface area contributed by atoms with E-state index in [1.807, 2.05) is 5.92 Å². The molecule has 2 nitrogen and oxygen atoms in total. The van der Waals surface area contributed by atoms with Crippen molar-refractivity contribution < 1.29 is 35.9 Å². The third-order valence-corrected chi connectivity index (χ3v) is 3.18. The number of carbonyl (C=O) groups is 1. The molecule has 0 aliphatic carbocycles. The summed E-state index contributed by atoms with van der Waals surface area (Å²) in [6.07, 6.45) is -5.02. The fourth-order valence-corrected chi connectivity index (χ4v) is 2.10. The van der Waals surface area contributed by atoms with Crippen molar-refractivity contribution in [3.05, 3.63) is 29.3 Å². The van der Waals surface area contributed by atoms with Crippen LogP contribution in [-0.4, -0.2) is 18.3 Å². The molecule has 120 valence electrons. The van der Waals surface area contributed by atoms with E-state index in [9.17, 15) is 31.1 Å². The van der Waals surface area contributed by atoms with E-state index in [1.165, 1.54) is 0 Å². The number of terminal acetylenes is 1. The number of ether oxygens (including phenoxy) is 1. The van der Waals surface area contributed by atoms with Crippen LogP contribution in [0.1, 0.15) is 11.1 Å². The molecule has 0 unspecified atom stereocenters. The van der Waals surface area contributed by atoms with E-state index in [-0.39, 0.29) is 17.6 Å². The Balaban J connectivity index is 2.99. The lowest BCUT2D eigenvalue weighted by molar-refractivity contribution is -0.143. The van der Waals surface area contributed by atoms with Gasteiger partial charge in [0.25, 0.3) is 0 Å². The molecule has 0 saturated carbocycles. The fourth-order valence-electron chi connectivity index (χ4n) is 1.32. The molecule has 0 aliphatic rings. The van der Waals surface area contributed by atoms with Crippen LogP contribution in [0.25, 0.3) is 0 Å². The summed E-state index contributed by atoms with van der Waals surface area (Å²) in [5, 5.41) is 0. The predicted molar refractivity (Wildman–Crippen MR) is 67.0 cm³/mol. The van der Waals surface area contributed by atoms with Crippen LogP contribution in [0.5, 0.6) is 0 Å². The Morgan fingerprint density at radius 2 is 1.59 bits per heavy atom. The molecule has 0 radical (unpaired) electrons. The molecule has 0 bridgehead atoms. The highest BCUT2D eigenvalue weighted by Gasteiger charge is 2.36. The van der Waals surface area contributed by atoms with Gasteiger partial charge in [-0.3, -0.25) is 4.79 Å². The minimum absolute atomic E-state index is 0.0146. The minimum atomic E-state index is -4.93. The molecule has 0 atom stereocenters. The first-order valence-electron chi connectivity index (χ1n) is 5.55. The Kier molecular flexibility index (Phi) is 5.77. The Bertz CT molecular complexity index is 553. The van der Waals surface area contributed by atoms with Crippen molar-refractivity contribution in [2.24, 2.45) is 0 Å². The van der Waals surface area contributed by atoms with Crippen LogP contribution in [-0.2, 0) is 21.9 Å². The molecule has 1 rings (SSSR count). The van der Waals surface area contributed by atoms with Crippen molar-refractivity contribution in [1.29, 1.82) is 0 Å².